The van der Waals surface area contributed by atoms with E-state index in [2.05, 4.69) is 55.6 Å². The second-order valence-electron chi connectivity index (χ2n) is 4.55. The molecule has 1 heterocycles. The fourth-order valence-corrected chi connectivity index (χ4v) is 2.44. The number of allylic oxidation sites excluding steroid dienone is 5. The van der Waals surface area contributed by atoms with Crippen LogP contribution in [0.4, 0.5) is 0 Å². The molecule has 22 heavy (non-hydrogen) atoms. The molecule has 0 aromatic carbocycles. The standard InChI is InChI=1S/C14H13BrN2.C4H8O/c1-2-3-7-17-10-11(9-16)13-6-4-5-12(15)8-14(13)17;1-3-4-5-2/h2-3,5-6,8,10H,4,7H2,1H3;3-4H,1-2H3/b3-2-;4-3+. The van der Waals surface area contributed by atoms with Gasteiger partial charge in [0.05, 0.1) is 24.3 Å². The molecule has 2 rings (SSSR count). The molecule has 0 saturated heterocycles. The molecule has 0 saturated carbocycles. The summed E-state index contributed by atoms with van der Waals surface area (Å²) >= 11 is 3.51. The summed E-state index contributed by atoms with van der Waals surface area (Å²) in [5.41, 5.74) is 0.747. The number of fused-ring (bicyclic) bond motifs is 1. The van der Waals surface area contributed by atoms with Gasteiger partial charge in [-0.3, -0.25) is 0 Å². The number of aromatic nitrogens is 1. The lowest BCUT2D eigenvalue weighted by molar-refractivity contribution is 0.337. The van der Waals surface area contributed by atoms with Gasteiger partial charge in [0.1, 0.15) is 6.07 Å². The van der Waals surface area contributed by atoms with Crippen LogP contribution in [-0.2, 0) is 11.3 Å². The highest BCUT2D eigenvalue weighted by atomic mass is 79.9. The molecule has 0 aliphatic heterocycles. The van der Waals surface area contributed by atoms with Crippen LogP contribution < -0.4 is 10.6 Å². The molecule has 1 aliphatic rings. The predicted molar refractivity (Wildman–Crippen MR) is 95.6 cm³/mol. The summed E-state index contributed by atoms with van der Waals surface area (Å²) in [6.07, 6.45) is 16.6. The first-order valence-electron chi connectivity index (χ1n) is 7.09. The average molecular weight is 361 g/mol. The number of nitrogens with zero attached hydrogens (tertiary/aromatic N) is 2. The first kappa shape index (κ1) is 18.1. The van der Waals surface area contributed by atoms with Crippen molar-refractivity contribution in [1.29, 1.82) is 5.26 Å². The van der Waals surface area contributed by atoms with Crippen molar-refractivity contribution in [3.63, 3.8) is 0 Å². The van der Waals surface area contributed by atoms with Crippen LogP contribution in [0, 0.1) is 11.3 Å². The third-order valence-corrected chi connectivity index (χ3v) is 3.55. The van der Waals surface area contributed by atoms with Gasteiger partial charge >= 0.3 is 0 Å². The summed E-state index contributed by atoms with van der Waals surface area (Å²) in [6, 6.07) is 2.26. The zero-order valence-corrected chi connectivity index (χ0v) is 14.8. The lowest BCUT2D eigenvalue weighted by Crippen LogP contribution is -2.29. The van der Waals surface area contributed by atoms with Gasteiger partial charge in [0.25, 0.3) is 0 Å². The molecule has 0 N–H and O–H groups in total. The van der Waals surface area contributed by atoms with Crippen LogP contribution in [0.3, 0.4) is 0 Å². The van der Waals surface area contributed by atoms with Crippen LogP contribution in [-0.4, -0.2) is 11.7 Å². The van der Waals surface area contributed by atoms with E-state index in [4.69, 9.17) is 5.26 Å². The minimum Gasteiger partial charge on any atom is -0.505 e. The fraction of sp³-hybridized carbons (Fsp3) is 0.278. The first-order chi connectivity index (χ1) is 10.7. The summed E-state index contributed by atoms with van der Waals surface area (Å²) in [5, 5.41) is 11.3. The third-order valence-electron chi connectivity index (χ3n) is 3.00. The van der Waals surface area contributed by atoms with Gasteiger partial charge < -0.3 is 9.30 Å². The molecule has 4 heteroatoms. The van der Waals surface area contributed by atoms with E-state index in [1.54, 1.807) is 13.4 Å². The van der Waals surface area contributed by atoms with E-state index in [1.807, 2.05) is 32.2 Å². The molecule has 0 spiro atoms. The van der Waals surface area contributed by atoms with Crippen molar-refractivity contribution in [2.75, 3.05) is 7.11 Å². The Kier molecular flexibility index (Phi) is 8.09. The van der Waals surface area contributed by atoms with Crippen molar-refractivity contribution >= 4 is 28.1 Å². The number of nitriles is 1. The zero-order valence-electron chi connectivity index (χ0n) is 13.2. The van der Waals surface area contributed by atoms with E-state index in [0.29, 0.717) is 0 Å². The summed E-state index contributed by atoms with van der Waals surface area (Å²) in [5.74, 6) is 0. The molecule has 0 unspecified atom stereocenters. The molecule has 0 atom stereocenters. The molecule has 3 nitrogen and oxygen atoms in total. The summed E-state index contributed by atoms with van der Waals surface area (Å²) in [4.78, 5) is 0. The summed E-state index contributed by atoms with van der Waals surface area (Å²) < 4.78 is 7.68. The summed E-state index contributed by atoms with van der Waals surface area (Å²) in [6.45, 7) is 4.70. The zero-order chi connectivity index (χ0) is 16.4. The Morgan fingerprint density at radius 3 is 2.68 bits per heavy atom. The number of hydrogen-bond acceptors (Lipinski definition) is 2. The normalized spacial score (nSPS) is 13.1. The fourth-order valence-electron chi connectivity index (χ4n) is 2.04. The van der Waals surface area contributed by atoms with E-state index in [1.165, 1.54) is 0 Å². The van der Waals surface area contributed by atoms with Gasteiger partial charge in [-0.2, -0.15) is 5.26 Å². The Morgan fingerprint density at radius 2 is 2.14 bits per heavy atom. The Balaban J connectivity index is 0.000000422. The van der Waals surface area contributed by atoms with Gasteiger partial charge in [-0.25, -0.2) is 0 Å². The van der Waals surface area contributed by atoms with Gasteiger partial charge in [-0.05, 0) is 26.3 Å². The number of rotatable bonds is 3. The molecule has 0 fully saturated rings. The molecule has 1 aliphatic carbocycles. The van der Waals surface area contributed by atoms with Gasteiger partial charge in [-0.1, -0.05) is 46.3 Å². The van der Waals surface area contributed by atoms with Crippen molar-refractivity contribution in [3.8, 4) is 6.07 Å². The molecule has 1 aromatic heterocycles. The van der Waals surface area contributed by atoms with Gasteiger partial charge in [0.2, 0.25) is 0 Å². The Morgan fingerprint density at radius 1 is 1.36 bits per heavy atom. The lowest BCUT2D eigenvalue weighted by atomic mass is 10.2. The third kappa shape index (κ3) is 5.09. The van der Waals surface area contributed by atoms with E-state index < -0.39 is 0 Å². The lowest BCUT2D eigenvalue weighted by Gasteiger charge is -1.97. The molecule has 1 aromatic rings. The smallest absolute Gasteiger partial charge is 0.101 e. The Bertz CT molecular complexity index is 730. The van der Waals surface area contributed by atoms with E-state index >= 15 is 0 Å². The molecule has 0 radical (unpaired) electrons. The van der Waals surface area contributed by atoms with Crippen molar-refractivity contribution in [2.45, 2.75) is 26.8 Å². The van der Waals surface area contributed by atoms with Gasteiger partial charge in [0, 0.05) is 22.4 Å². The number of hydrogen-bond donors (Lipinski definition) is 0. The molecule has 0 amide bonds. The molecule has 0 bridgehead atoms. The number of methoxy groups -OCH3 is 1. The van der Waals surface area contributed by atoms with Crippen molar-refractivity contribution < 1.29 is 4.74 Å². The Hall–Kier alpha value is -1.99. The van der Waals surface area contributed by atoms with Gasteiger partial charge in [-0.15, -0.1) is 0 Å². The van der Waals surface area contributed by atoms with Crippen LogP contribution in [0.5, 0.6) is 0 Å². The van der Waals surface area contributed by atoms with E-state index in [0.717, 1.165) is 33.6 Å². The minimum atomic E-state index is 0.747. The second-order valence-corrected chi connectivity index (χ2v) is 5.47. The maximum Gasteiger partial charge on any atom is 0.101 e. The minimum absolute atomic E-state index is 0.747. The molecular formula is C18H21BrN2O. The van der Waals surface area contributed by atoms with Gasteiger partial charge in [0.15, 0.2) is 0 Å². The summed E-state index contributed by atoms with van der Waals surface area (Å²) in [7, 11) is 1.62. The van der Waals surface area contributed by atoms with E-state index in [-0.39, 0.29) is 0 Å². The number of ether oxygens (including phenoxy) is 1. The number of halogens is 1. The van der Waals surface area contributed by atoms with Crippen LogP contribution in [0.15, 0.2) is 41.2 Å². The molecular weight excluding hydrogens is 340 g/mol. The monoisotopic (exact) mass is 360 g/mol. The van der Waals surface area contributed by atoms with Crippen LogP contribution in [0.2, 0.25) is 0 Å². The average Bonchev–Trinajstić information content (AvgIpc) is 2.71. The predicted octanol–water partition coefficient (Wildman–Crippen LogP) is 3.35. The van der Waals surface area contributed by atoms with Crippen molar-refractivity contribution in [1.82, 2.24) is 4.57 Å². The van der Waals surface area contributed by atoms with Crippen molar-refractivity contribution in [2.24, 2.45) is 0 Å². The molecule has 116 valence electrons. The maximum atomic E-state index is 9.15. The van der Waals surface area contributed by atoms with Crippen molar-refractivity contribution in [3.05, 3.63) is 57.4 Å². The first-order valence-corrected chi connectivity index (χ1v) is 7.89. The maximum absolute atomic E-state index is 9.15. The highest BCUT2D eigenvalue weighted by Gasteiger charge is 2.05. The Labute approximate surface area is 140 Å². The SMILES string of the molecule is C/C=C/OC.C/C=C\Cn1cc(C#N)c2c1=CC(Br)=CCC=2. The largest absolute Gasteiger partial charge is 0.505 e. The quantitative estimate of drug-likeness (QED) is 0.612. The van der Waals surface area contributed by atoms with Crippen LogP contribution >= 0.6 is 15.9 Å². The van der Waals surface area contributed by atoms with Crippen LogP contribution in [0.1, 0.15) is 25.8 Å². The second kappa shape index (κ2) is 9.86. The van der Waals surface area contributed by atoms with Crippen LogP contribution in [0.25, 0.3) is 12.2 Å². The highest BCUT2D eigenvalue weighted by molar-refractivity contribution is 9.12. The topological polar surface area (TPSA) is 38.0 Å². The highest BCUT2D eigenvalue weighted by Crippen LogP contribution is 2.09. The van der Waals surface area contributed by atoms with E-state index in [9.17, 15) is 0 Å².